The van der Waals surface area contributed by atoms with E-state index in [1.807, 2.05) is 0 Å². The highest BCUT2D eigenvalue weighted by atomic mass is 16.3. The van der Waals surface area contributed by atoms with Crippen molar-refractivity contribution in [1.29, 1.82) is 0 Å². The number of hydrogen-bond acceptors (Lipinski definition) is 6. The molecule has 0 atom stereocenters. The van der Waals surface area contributed by atoms with Gasteiger partial charge >= 0.3 is 0 Å². The number of rotatable bonds is 3. The molecule has 8 nitrogen and oxygen atoms in total. The SMILES string of the molecule is Nc1ccnc(CNC(=O)c2coc3c2C(=O)NCCC3)n1. The van der Waals surface area contributed by atoms with E-state index in [2.05, 4.69) is 20.6 Å². The van der Waals surface area contributed by atoms with Gasteiger partial charge in [-0.2, -0.15) is 0 Å². The molecule has 3 rings (SSSR count). The maximum absolute atomic E-state index is 12.3. The molecule has 0 saturated heterocycles. The quantitative estimate of drug-likeness (QED) is 0.747. The average molecular weight is 301 g/mol. The second-order valence-corrected chi connectivity index (χ2v) is 4.89. The van der Waals surface area contributed by atoms with Gasteiger partial charge in [0.25, 0.3) is 11.8 Å². The van der Waals surface area contributed by atoms with E-state index in [1.165, 1.54) is 12.5 Å². The molecule has 0 radical (unpaired) electrons. The smallest absolute Gasteiger partial charge is 0.255 e. The van der Waals surface area contributed by atoms with Crippen molar-refractivity contribution in [2.45, 2.75) is 19.4 Å². The average Bonchev–Trinajstić information content (AvgIpc) is 2.85. The zero-order chi connectivity index (χ0) is 15.5. The van der Waals surface area contributed by atoms with Gasteiger partial charge < -0.3 is 20.8 Å². The normalized spacial score (nSPS) is 13.9. The second-order valence-electron chi connectivity index (χ2n) is 4.89. The molecule has 22 heavy (non-hydrogen) atoms. The van der Waals surface area contributed by atoms with E-state index in [1.54, 1.807) is 6.07 Å². The number of amides is 2. The van der Waals surface area contributed by atoms with Crippen LogP contribution < -0.4 is 16.4 Å². The van der Waals surface area contributed by atoms with Gasteiger partial charge in [-0.25, -0.2) is 9.97 Å². The van der Waals surface area contributed by atoms with Crippen LogP contribution in [0, 0.1) is 0 Å². The Balaban J connectivity index is 1.76. The van der Waals surface area contributed by atoms with Gasteiger partial charge in [0.2, 0.25) is 0 Å². The first kappa shape index (κ1) is 14.1. The Morgan fingerprint density at radius 3 is 3.18 bits per heavy atom. The molecule has 0 spiro atoms. The molecule has 0 aliphatic carbocycles. The summed E-state index contributed by atoms with van der Waals surface area (Å²) >= 11 is 0. The van der Waals surface area contributed by atoms with E-state index in [0.717, 1.165) is 6.42 Å². The minimum atomic E-state index is -0.409. The van der Waals surface area contributed by atoms with Crippen molar-refractivity contribution in [1.82, 2.24) is 20.6 Å². The van der Waals surface area contributed by atoms with Crippen molar-refractivity contribution < 1.29 is 14.0 Å². The van der Waals surface area contributed by atoms with E-state index in [4.69, 9.17) is 10.2 Å². The number of aromatic nitrogens is 2. The fraction of sp³-hybridized carbons (Fsp3) is 0.286. The molecule has 3 heterocycles. The van der Waals surface area contributed by atoms with Gasteiger partial charge in [0, 0.05) is 19.2 Å². The van der Waals surface area contributed by atoms with Gasteiger partial charge in [0.1, 0.15) is 23.7 Å². The minimum absolute atomic E-state index is 0.117. The molecule has 8 heteroatoms. The molecule has 2 amide bonds. The summed E-state index contributed by atoms with van der Waals surface area (Å²) in [6, 6.07) is 1.56. The lowest BCUT2D eigenvalue weighted by Crippen LogP contribution is -2.28. The summed E-state index contributed by atoms with van der Waals surface area (Å²) in [7, 11) is 0. The Hall–Kier alpha value is -2.90. The Morgan fingerprint density at radius 2 is 2.36 bits per heavy atom. The molecule has 1 aliphatic rings. The lowest BCUT2D eigenvalue weighted by molar-refractivity contribution is 0.0919. The van der Waals surface area contributed by atoms with Crippen LogP contribution in [0.4, 0.5) is 5.82 Å². The minimum Gasteiger partial charge on any atom is -0.468 e. The van der Waals surface area contributed by atoms with Crippen LogP contribution in [0.25, 0.3) is 0 Å². The molecule has 0 saturated carbocycles. The number of nitrogens with two attached hydrogens (primary N) is 1. The van der Waals surface area contributed by atoms with Crippen LogP contribution in [0.1, 0.15) is 38.7 Å². The zero-order valence-electron chi connectivity index (χ0n) is 11.8. The molecular weight excluding hydrogens is 286 g/mol. The fourth-order valence-corrected chi connectivity index (χ4v) is 2.29. The Morgan fingerprint density at radius 1 is 1.50 bits per heavy atom. The summed E-state index contributed by atoms with van der Waals surface area (Å²) in [5, 5.41) is 5.40. The number of nitrogens with zero attached hydrogens (tertiary/aromatic N) is 2. The van der Waals surface area contributed by atoms with E-state index >= 15 is 0 Å². The molecule has 0 bridgehead atoms. The van der Waals surface area contributed by atoms with Crippen molar-refractivity contribution in [2.24, 2.45) is 0 Å². The highest BCUT2D eigenvalue weighted by Gasteiger charge is 2.26. The van der Waals surface area contributed by atoms with Gasteiger partial charge in [-0.1, -0.05) is 0 Å². The van der Waals surface area contributed by atoms with Gasteiger partial charge in [-0.05, 0) is 12.5 Å². The van der Waals surface area contributed by atoms with E-state index in [0.29, 0.717) is 35.9 Å². The lowest BCUT2D eigenvalue weighted by Gasteiger charge is -2.05. The number of hydrogen-bond donors (Lipinski definition) is 3. The Kier molecular flexibility index (Phi) is 3.73. The molecule has 1 aliphatic heterocycles. The predicted octanol–water partition coefficient (Wildman–Crippen LogP) is 0.258. The fourth-order valence-electron chi connectivity index (χ4n) is 2.29. The summed E-state index contributed by atoms with van der Waals surface area (Å²) in [4.78, 5) is 32.3. The van der Waals surface area contributed by atoms with Crippen LogP contribution in [0.15, 0.2) is 22.9 Å². The molecular formula is C14H15N5O3. The van der Waals surface area contributed by atoms with Gasteiger partial charge in [-0.15, -0.1) is 0 Å². The molecule has 2 aromatic rings. The van der Waals surface area contributed by atoms with Crippen LogP contribution in [0.2, 0.25) is 0 Å². The van der Waals surface area contributed by atoms with Crippen LogP contribution in [-0.4, -0.2) is 28.3 Å². The predicted molar refractivity (Wildman–Crippen MR) is 77.0 cm³/mol. The van der Waals surface area contributed by atoms with Crippen molar-refractivity contribution >= 4 is 17.6 Å². The first-order chi connectivity index (χ1) is 10.6. The van der Waals surface area contributed by atoms with Crippen LogP contribution in [0.5, 0.6) is 0 Å². The standard InChI is InChI=1S/C14H15N5O3/c15-10-3-5-16-11(19-10)6-18-13(20)8-7-22-9-2-1-4-17-14(21)12(8)9/h3,5,7H,1-2,4,6H2,(H,17,21)(H,18,20)(H2,15,16,19). The molecule has 114 valence electrons. The number of carbonyl (C=O) groups excluding carboxylic acids is 2. The number of fused-ring (bicyclic) bond motifs is 1. The molecule has 4 N–H and O–H groups in total. The second kappa shape index (κ2) is 5.84. The van der Waals surface area contributed by atoms with Crippen molar-refractivity contribution in [3.8, 4) is 0 Å². The number of nitrogen functional groups attached to an aromatic ring is 1. The maximum Gasteiger partial charge on any atom is 0.255 e. The third-order valence-corrected chi connectivity index (χ3v) is 3.34. The Labute approximate surface area is 126 Å². The first-order valence-electron chi connectivity index (χ1n) is 6.89. The van der Waals surface area contributed by atoms with Crippen LogP contribution >= 0.6 is 0 Å². The van der Waals surface area contributed by atoms with Crippen LogP contribution in [0.3, 0.4) is 0 Å². The Bertz CT molecular complexity index is 725. The topological polar surface area (TPSA) is 123 Å². The zero-order valence-corrected chi connectivity index (χ0v) is 11.8. The lowest BCUT2D eigenvalue weighted by atomic mass is 10.1. The van der Waals surface area contributed by atoms with Gasteiger partial charge in [0.15, 0.2) is 0 Å². The van der Waals surface area contributed by atoms with Gasteiger partial charge in [-0.3, -0.25) is 9.59 Å². The number of furan rings is 1. The highest BCUT2D eigenvalue weighted by molar-refractivity contribution is 6.07. The van der Waals surface area contributed by atoms with E-state index in [9.17, 15) is 9.59 Å². The summed E-state index contributed by atoms with van der Waals surface area (Å²) in [5.41, 5.74) is 6.08. The number of carbonyl (C=O) groups is 2. The molecule has 0 aromatic carbocycles. The summed E-state index contributed by atoms with van der Waals surface area (Å²) in [6.07, 6.45) is 4.23. The van der Waals surface area contributed by atoms with Crippen molar-refractivity contribution in [2.75, 3.05) is 12.3 Å². The van der Waals surface area contributed by atoms with E-state index in [-0.39, 0.29) is 18.0 Å². The summed E-state index contributed by atoms with van der Waals surface area (Å²) in [6.45, 7) is 0.687. The molecule has 0 fully saturated rings. The number of aryl methyl sites for hydroxylation is 1. The number of nitrogens with one attached hydrogen (secondary N) is 2. The molecule has 2 aromatic heterocycles. The largest absolute Gasteiger partial charge is 0.468 e. The molecule has 0 unspecified atom stereocenters. The van der Waals surface area contributed by atoms with Crippen molar-refractivity contribution in [3.05, 3.63) is 41.2 Å². The van der Waals surface area contributed by atoms with Crippen molar-refractivity contribution in [3.63, 3.8) is 0 Å². The van der Waals surface area contributed by atoms with Gasteiger partial charge in [0.05, 0.1) is 17.7 Å². The first-order valence-corrected chi connectivity index (χ1v) is 6.89. The van der Waals surface area contributed by atoms with Crippen LogP contribution in [-0.2, 0) is 13.0 Å². The monoisotopic (exact) mass is 301 g/mol. The maximum atomic E-state index is 12.3. The third-order valence-electron chi connectivity index (χ3n) is 3.34. The summed E-state index contributed by atoms with van der Waals surface area (Å²) in [5.74, 6) is 0.572. The van der Waals surface area contributed by atoms with E-state index < -0.39 is 5.91 Å². The third kappa shape index (κ3) is 2.76. The summed E-state index contributed by atoms with van der Waals surface area (Å²) < 4.78 is 5.36. The highest BCUT2D eigenvalue weighted by Crippen LogP contribution is 2.21. The number of anilines is 1.